The number of thiophene rings is 1. The zero-order valence-corrected chi connectivity index (χ0v) is 13.0. The third-order valence-electron chi connectivity index (χ3n) is 2.53. The smallest absolute Gasteiger partial charge is 0.107 e. The van der Waals surface area contributed by atoms with E-state index >= 15 is 0 Å². The second-order valence-electron chi connectivity index (χ2n) is 3.92. The van der Waals surface area contributed by atoms with Crippen LogP contribution in [0.15, 0.2) is 10.5 Å². The molecule has 1 atom stereocenters. The Morgan fingerprint density at radius 3 is 3.00 bits per heavy atom. The van der Waals surface area contributed by atoms with Gasteiger partial charge in [0.05, 0.1) is 0 Å². The molecule has 0 spiro atoms. The van der Waals surface area contributed by atoms with Crippen molar-refractivity contribution >= 4 is 51.3 Å². The zero-order chi connectivity index (χ0) is 10.8. The second-order valence-corrected chi connectivity index (χ2v) is 6.52. The molecule has 1 N–H and O–H groups in total. The Labute approximate surface area is 120 Å². The van der Waals surface area contributed by atoms with E-state index in [0.717, 1.165) is 35.0 Å². The van der Waals surface area contributed by atoms with Gasteiger partial charge in [0.2, 0.25) is 0 Å². The number of piperazine rings is 1. The van der Waals surface area contributed by atoms with E-state index in [2.05, 4.69) is 39.1 Å². The summed E-state index contributed by atoms with van der Waals surface area (Å²) in [6.45, 7) is 6.57. The molecule has 92 valence electrons. The van der Waals surface area contributed by atoms with E-state index in [1.54, 1.807) is 11.3 Å². The van der Waals surface area contributed by atoms with Crippen molar-refractivity contribution in [2.24, 2.45) is 0 Å². The van der Waals surface area contributed by atoms with Gasteiger partial charge in [-0.25, -0.2) is 0 Å². The minimum absolute atomic E-state index is 0. The summed E-state index contributed by atoms with van der Waals surface area (Å²) in [6.07, 6.45) is 0. The summed E-state index contributed by atoms with van der Waals surface area (Å²) in [7, 11) is 0. The van der Waals surface area contributed by atoms with Crippen LogP contribution in [0.1, 0.15) is 11.8 Å². The zero-order valence-electron chi connectivity index (χ0n) is 9.00. The molecule has 1 saturated heterocycles. The van der Waals surface area contributed by atoms with E-state index in [4.69, 9.17) is 11.6 Å². The molecule has 1 aromatic rings. The van der Waals surface area contributed by atoms with Gasteiger partial charge in [-0.05, 0) is 28.9 Å². The maximum atomic E-state index is 6.02. The summed E-state index contributed by atoms with van der Waals surface area (Å²) < 4.78 is 1.88. The lowest BCUT2D eigenvalue weighted by Gasteiger charge is -2.31. The highest BCUT2D eigenvalue weighted by molar-refractivity contribution is 9.10. The SMILES string of the molecule is CC1CN(Cc2cc(Br)c(Cl)s2)CCN1.Cl. The van der Waals surface area contributed by atoms with Crippen LogP contribution in [0.25, 0.3) is 0 Å². The average molecular weight is 346 g/mol. The highest BCUT2D eigenvalue weighted by atomic mass is 79.9. The van der Waals surface area contributed by atoms with Crippen molar-refractivity contribution in [1.82, 2.24) is 10.2 Å². The molecule has 16 heavy (non-hydrogen) atoms. The van der Waals surface area contributed by atoms with Crippen LogP contribution in [0.5, 0.6) is 0 Å². The Bertz CT molecular complexity index is 326. The van der Waals surface area contributed by atoms with Crippen molar-refractivity contribution in [3.05, 3.63) is 19.8 Å². The summed E-state index contributed by atoms with van der Waals surface area (Å²) in [5.41, 5.74) is 0. The van der Waals surface area contributed by atoms with Crippen LogP contribution in [0.2, 0.25) is 4.34 Å². The van der Waals surface area contributed by atoms with E-state index in [0.29, 0.717) is 6.04 Å². The van der Waals surface area contributed by atoms with Crippen LogP contribution in [0, 0.1) is 0 Å². The van der Waals surface area contributed by atoms with E-state index in [-0.39, 0.29) is 12.4 Å². The first-order chi connectivity index (χ1) is 7.15. The summed E-state index contributed by atoms with van der Waals surface area (Å²) in [4.78, 5) is 3.80. The lowest BCUT2D eigenvalue weighted by atomic mass is 10.2. The monoisotopic (exact) mass is 344 g/mol. The van der Waals surface area contributed by atoms with Gasteiger partial charge in [-0.15, -0.1) is 23.7 Å². The van der Waals surface area contributed by atoms with Gasteiger partial charge in [0, 0.05) is 41.6 Å². The highest BCUT2D eigenvalue weighted by Gasteiger charge is 2.16. The number of nitrogens with zero attached hydrogens (tertiary/aromatic N) is 1. The maximum absolute atomic E-state index is 6.02. The molecule has 0 radical (unpaired) electrons. The molecule has 1 aliphatic rings. The Morgan fingerprint density at radius 2 is 2.44 bits per heavy atom. The largest absolute Gasteiger partial charge is 0.312 e. The van der Waals surface area contributed by atoms with Gasteiger partial charge >= 0.3 is 0 Å². The summed E-state index contributed by atoms with van der Waals surface area (Å²) in [5, 5.41) is 3.44. The molecular weight excluding hydrogens is 331 g/mol. The third kappa shape index (κ3) is 3.86. The topological polar surface area (TPSA) is 15.3 Å². The molecule has 1 fully saturated rings. The Hall–Kier alpha value is 0.680. The summed E-state index contributed by atoms with van der Waals surface area (Å²) in [6, 6.07) is 2.72. The van der Waals surface area contributed by atoms with Crippen LogP contribution in [0.3, 0.4) is 0 Å². The minimum atomic E-state index is 0. The molecule has 1 aliphatic heterocycles. The molecule has 1 unspecified atom stereocenters. The number of halogens is 3. The molecule has 0 aromatic carbocycles. The van der Waals surface area contributed by atoms with Gasteiger partial charge in [0.1, 0.15) is 4.34 Å². The van der Waals surface area contributed by atoms with Crippen LogP contribution in [-0.2, 0) is 6.54 Å². The van der Waals surface area contributed by atoms with E-state index in [1.807, 2.05) is 0 Å². The number of hydrogen-bond acceptors (Lipinski definition) is 3. The Kier molecular flexibility index (Phi) is 6.05. The number of hydrogen-bond donors (Lipinski definition) is 1. The van der Waals surface area contributed by atoms with Gasteiger partial charge in [-0.2, -0.15) is 0 Å². The van der Waals surface area contributed by atoms with Crippen LogP contribution < -0.4 is 5.32 Å². The fourth-order valence-electron chi connectivity index (χ4n) is 1.85. The average Bonchev–Trinajstić information content (AvgIpc) is 2.45. The van der Waals surface area contributed by atoms with Gasteiger partial charge in [0.15, 0.2) is 0 Å². The predicted molar refractivity (Wildman–Crippen MR) is 77.0 cm³/mol. The Balaban J connectivity index is 0.00000128. The first-order valence-electron chi connectivity index (χ1n) is 5.04. The molecule has 0 saturated carbocycles. The molecule has 0 bridgehead atoms. The highest BCUT2D eigenvalue weighted by Crippen LogP contribution is 2.32. The fourth-order valence-corrected chi connectivity index (χ4v) is 3.68. The first-order valence-corrected chi connectivity index (χ1v) is 7.03. The van der Waals surface area contributed by atoms with Crippen LogP contribution >= 0.6 is 51.3 Å². The molecular formula is C10H15BrCl2N2S. The molecule has 2 nitrogen and oxygen atoms in total. The molecule has 0 amide bonds. The van der Waals surface area contributed by atoms with Crippen molar-refractivity contribution < 1.29 is 0 Å². The maximum Gasteiger partial charge on any atom is 0.107 e. The lowest BCUT2D eigenvalue weighted by molar-refractivity contribution is 0.201. The standard InChI is InChI=1S/C10H14BrClN2S.ClH/c1-7-5-14(3-2-13-7)6-8-4-9(11)10(12)15-8;/h4,7,13H,2-3,5-6H2,1H3;1H. The Morgan fingerprint density at radius 1 is 1.69 bits per heavy atom. The van der Waals surface area contributed by atoms with Gasteiger partial charge in [-0.3, -0.25) is 4.90 Å². The van der Waals surface area contributed by atoms with Crippen molar-refractivity contribution in [2.75, 3.05) is 19.6 Å². The van der Waals surface area contributed by atoms with E-state index in [9.17, 15) is 0 Å². The van der Waals surface area contributed by atoms with Crippen molar-refractivity contribution in [2.45, 2.75) is 19.5 Å². The van der Waals surface area contributed by atoms with Gasteiger partial charge in [0.25, 0.3) is 0 Å². The molecule has 2 heterocycles. The second kappa shape index (κ2) is 6.57. The van der Waals surface area contributed by atoms with Gasteiger partial charge in [-0.1, -0.05) is 11.6 Å². The number of rotatable bonds is 2. The normalized spacial score (nSPS) is 21.8. The fraction of sp³-hybridized carbons (Fsp3) is 0.600. The first kappa shape index (κ1) is 14.7. The molecule has 2 rings (SSSR count). The predicted octanol–water partition coefficient (Wildman–Crippen LogP) is 3.38. The summed E-state index contributed by atoms with van der Waals surface area (Å²) >= 11 is 11.1. The summed E-state index contributed by atoms with van der Waals surface area (Å²) in [5.74, 6) is 0. The van der Waals surface area contributed by atoms with E-state index < -0.39 is 0 Å². The molecule has 1 aromatic heterocycles. The van der Waals surface area contributed by atoms with Crippen LogP contribution in [0.4, 0.5) is 0 Å². The third-order valence-corrected chi connectivity index (χ3v) is 4.99. The van der Waals surface area contributed by atoms with Crippen molar-refractivity contribution in [3.8, 4) is 0 Å². The quantitative estimate of drug-likeness (QED) is 0.883. The minimum Gasteiger partial charge on any atom is -0.312 e. The lowest BCUT2D eigenvalue weighted by Crippen LogP contribution is -2.48. The van der Waals surface area contributed by atoms with Crippen molar-refractivity contribution in [1.29, 1.82) is 0 Å². The van der Waals surface area contributed by atoms with Crippen molar-refractivity contribution in [3.63, 3.8) is 0 Å². The van der Waals surface area contributed by atoms with Crippen LogP contribution in [-0.4, -0.2) is 30.6 Å². The van der Waals surface area contributed by atoms with E-state index in [1.165, 1.54) is 4.88 Å². The molecule has 0 aliphatic carbocycles. The number of nitrogens with one attached hydrogen (secondary N) is 1. The molecule has 6 heteroatoms. The van der Waals surface area contributed by atoms with Gasteiger partial charge < -0.3 is 5.32 Å².